The van der Waals surface area contributed by atoms with E-state index in [9.17, 15) is 4.79 Å². The predicted octanol–water partition coefficient (Wildman–Crippen LogP) is 8.13. The zero-order valence-electron chi connectivity index (χ0n) is 22.2. The van der Waals surface area contributed by atoms with Crippen molar-refractivity contribution in [3.8, 4) is 0 Å². The lowest BCUT2D eigenvalue weighted by Crippen LogP contribution is -2.46. The molecule has 0 saturated carbocycles. The van der Waals surface area contributed by atoms with Crippen LogP contribution < -0.4 is 5.06 Å². The predicted molar refractivity (Wildman–Crippen MR) is 153 cm³/mol. The Morgan fingerprint density at radius 3 is 1.95 bits per heavy atom. The van der Waals surface area contributed by atoms with Gasteiger partial charge >= 0.3 is 5.97 Å². The van der Waals surface area contributed by atoms with Crippen LogP contribution in [0.5, 0.6) is 0 Å². The number of esters is 1. The minimum atomic E-state index is -2.38. The minimum absolute atomic E-state index is 0.0897. The third-order valence-electron chi connectivity index (χ3n) is 7.11. The van der Waals surface area contributed by atoms with Crippen LogP contribution in [0.15, 0.2) is 101 Å². The lowest BCUT2D eigenvalue weighted by Gasteiger charge is -2.45. The standard InChI is InChI=1S/C30H34BrNO4Si/c1-30(2,3)37(5,6)36-28-25(29(33)34-4)26(21-13-9-7-10-14-21)32(24-19-17-23(31)18-20-24)35-27(28)22-15-11-8-12-16-22/h7-20,26-27H,1-6H3/t26-,27+/m0/s1. The van der Waals surface area contributed by atoms with E-state index in [1.807, 2.05) is 90.0 Å². The molecule has 0 unspecified atom stereocenters. The van der Waals surface area contributed by atoms with Gasteiger partial charge in [-0.05, 0) is 53.5 Å². The fourth-order valence-electron chi connectivity index (χ4n) is 4.05. The van der Waals surface area contributed by atoms with E-state index in [4.69, 9.17) is 14.0 Å². The van der Waals surface area contributed by atoms with E-state index in [2.05, 4.69) is 49.8 Å². The van der Waals surface area contributed by atoms with Crippen molar-refractivity contribution in [3.63, 3.8) is 0 Å². The number of nitrogens with zero attached hydrogens (tertiary/aromatic N) is 1. The summed E-state index contributed by atoms with van der Waals surface area (Å²) in [6, 6.07) is 27.0. The molecule has 0 fully saturated rings. The van der Waals surface area contributed by atoms with Crippen LogP contribution in [0.1, 0.15) is 44.0 Å². The quantitative estimate of drug-likeness (QED) is 0.218. The molecule has 3 aromatic rings. The van der Waals surface area contributed by atoms with Crippen molar-refractivity contribution in [2.45, 2.75) is 51.0 Å². The molecule has 0 aliphatic carbocycles. The summed E-state index contributed by atoms with van der Waals surface area (Å²) in [5.74, 6) is 0.0840. The number of rotatable bonds is 6. The number of halogens is 1. The van der Waals surface area contributed by atoms with Crippen molar-refractivity contribution in [3.05, 3.63) is 112 Å². The smallest absolute Gasteiger partial charge is 0.339 e. The Labute approximate surface area is 229 Å². The van der Waals surface area contributed by atoms with E-state index in [0.29, 0.717) is 11.3 Å². The molecule has 0 aromatic heterocycles. The van der Waals surface area contributed by atoms with Crippen LogP contribution in [0.25, 0.3) is 0 Å². The zero-order chi connectivity index (χ0) is 26.8. The van der Waals surface area contributed by atoms with Crippen molar-refractivity contribution in [1.82, 2.24) is 0 Å². The maximum Gasteiger partial charge on any atom is 0.339 e. The number of hydrogen-bond donors (Lipinski definition) is 0. The molecular weight excluding hydrogens is 546 g/mol. The van der Waals surface area contributed by atoms with Gasteiger partial charge in [-0.25, -0.2) is 9.86 Å². The Morgan fingerprint density at radius 2 is 1.43 bits per heavy atom. The van der Waals surface area contributed by atoms with Crippen LogP contribution in [0.2, 0.25) is 18.1 Å². The topological polar surface area (TPSA) is 48.0 Å². The largest absolute Gasteiger partial charge is 0.544 e. The number of methoxy groups -OCH3 is 1. The summed E-state index contributed by atoms with van der Waals surface area (Å²) in [5.41, 5.74) is 3.05. The molecule has 5 nitrogen and oxygen atoms in total. The van der Waals surface area contributed by atoms with Crippen molar-refractivity contribution in [2.24, 2.45) is 0 Å². The van der Waals surface area contributed by atoms with Crippen molar-refractivity contribution in [1.29, 1.82) is 0 Å². The molecule has 0 radical (unpaired) electrons. The number of hydroxylamine groups is 1. The molecule has 0 amide bonds. The maximum atomic E-state index is 13.7. The molecule has 0 spiro atoms. The number of anilines is 1. The molecule has 0 saturated heterocycles. The number of hydrogen-bond acceptors (Lipinski definition) is 5. The monoisotopic (exact) mass is 579 g/mol. The first-order chi connectivity index (χ1) is 17.5. The average Bonchev–Trinajstić information content (AvgIpc) is 2.88. The Bertz CT molecular complexity index is 1250. The molecule has 37 heavy (non-hydrogen) atoms. The minimum Gasteiger partial charge on any atom is -0.544 e. The van der Waals surface area contributed by atoms with E-state index in [1.54, 1.807) is 0 Å². The lowest BCUT2D eigenvalue weighted by molar-refractivity contribution is -0.138. The summed E-state index contributed by atoms with van der Waals surface area (Å²) in [5, 5.41) is 1.72. The highest BCUT2D eigenvalue weighted by molar-refractivity contribution is 9.10. The van der Waals surface area contributed by atoms with Gasteiger partial charge < -0.3 is 9.16 Å². The summed E-state index contributed by atoms with van der Waals surface area (Å²) in [6.45, 7) is 10.9. The summed E-state index contributed by atoms with van der Waals surface area (Å²) in [7, 11) is -0.962. The van der Waals surface area contributed by atoms with Gasteiger partial charge in [0.15, 0.2) is 6.10 Å². The van der Waals surface area contributed by atoms with E-state index < -0.39 is 26.4 Å². The van der Waals surface area contributed by atoms with Gasteiger partial charge in [0, 0.05) is 4.47 Å². The highest BCUT2D eigenvalue weighted by atomic mass is 79.9. The molecular formula is C30H34BrNO4Si. The Balaban J connectivity index is 2.03. The van der Waals surface area contributed by atoms with Gasteiger partial charge in [-0.2, -0.15) is 0 Å². The molecule has 0 N–H and O–H groups in total. The van der Waals surface area contributed by atoms with Crippen LogP contribution in [0.4, 0.5) is 5.69 Å². The number of benzene rings is 3. The fourth-order valence-corrected chi connectivity index (χ4v) is 5.39. The molecule has 194 valence electrons. The third-order valence-corrected chi connectivity index (χ3v) is 12.0. The summed E-state index contributed by atoms with van der Waals surface area (Å²) in [6.07, 6.45) is -0.631. The molecule has 3 aromatic carbocycles. The second kappa shape index (κ2) is 10.9. The summed E-state index contributed by atoms with van der Waals surface area (Å²) < 4.78 is 13.3. The Kier molecular flexibility index (Phi) is 7.97. The number of carbonyl (C=O) groups is 1. The molecule has 4 rings (SSSR count). The van der Waals surface area contributed by atoms with E-state index in [0.717, 1.165) is 21.3 Å². The Morgan fingerprint density at radius 1 is 0.892 bits per heavy atom. The first kappa shape index (κ1) is 27.2. The average molecular weight is 581 g/mol. The first-order valence-corrected chi connectivity index (χ1v) is 16.1. The normalized spacial score (nSPS) is 18.5. The van der Waals surface area contributed by atoms with Crippen molar-refractivity contribution < 1.29 is 18.8 Å². The molecule has 7 heteroatoms. The van der Waals surface area contributed by atoms with Gasteiger partial charge in [-0.1, -0.05) is 97.4 Å². The zero-order valence-corrected chi connectivity index (χ0v) is 24.8. The van der Waals surface area contributed by atoms with Gasteiger partial charge in [0.25, 0.3) is 0 Å². The molecule has 2 atom stereocenters. The first-order valence-electron chi connectivity index (χ1n) is 12.4. The van der Waals surface area contributed by atoms with E-state index >= 15 is 0 Å². The third kappa shape index (κ3) is 5.69. The van der Waals surface area contributed by atoms with Crippen LogP contribution >= 0.6 is 15.9 Å². The molecule has 0 bridgehead atoms. The summed E-state index contributed by atoms with van der Waals surface area (Å²) >= 11 is 3.53. The van der Waals surface area contributed by atoms with E-state index in [1.165, 1.54) is 7.11 Å². The Hall–Kier alpha value is -2.87. The second-order valence-corrected chi connectivity index (χ2v) is 16.3. The lowest BCUT2D eigenvalue weighted by atomic mass is 9.92. The van der Waals surface area contributed by atoms with Crippen LogP contribution in [0, 0.1) is 0 Å². The maximum absolute atomic E-state index is 13.7. The van der Waals surface area contributed by atoms with Gasteiger partial charge in [0.2, 0.25) is 8.32 Å². The van der Waals surface area contributed by atoms with Gasteiger partial charge in [-0.15, -0.1) is 0 Å². The molecule has 1 aliphatic rings. The SMILES string of the molecule is COC(=O)C1=C(O[Si](C)(C)C(C)(C)C)[C@@H](c2ccccc2)ON(c2ccc(Br)cc2)[C@H]1c1ccccc1. The van der Waals surface area contributed by atoms with Crippen LogP contribution in [-0.4, -0.2) is 21.4 Å². The number of ether oxygens (including phenoxy) is 1. The number of carbonyl (C=O) groups excluding carboxylic acids is 1. The van der Waals surface area contributed by atoms with Crippen molar-refractivity contribution >= 4 is 35.9 Å². The van der Waals surface area contributed by atoms with Gasteiger partial charge in [-0.3, -0.25) is 4.84 Å². The highest BCUT2D eigenvalue weighted by Crippen LogP contribution is 2.49. The van der Waals surface area contributed by atoms with Crippen molar-refractivity contribution in [2.75, 3.05) is 12.2 Å². The molecule has 1 heterocycles. The van der Waals surface area contributed by atoms with Crippen LogP contribution in [-0.2, 0) is 18.8 Å². The summed E-state index contributed by atoms with van der Waals surface area (Å²) in [4.78, 5) is 20.5. The highest BCUT2D eigenvalue weighted by Gasteiger charge is 2.47. The molecule has 1 aliphatic heterocycles. The van der Waals surface area contributed by atoms with Gasteiger partial charge in [0.1, 0.15) is 17.4 Å². The fraction of sp³-hybridized carbons (Fsp3) is 0.300. The second-order valence-electron chi connectivity index (χ2n) is 10.6. The van der Waals surface area contributed by atoms with E-state index in [-0.39, 0.29) is 5.04 Å². The van der Waals surface area contributed by atoms with Gasteiger partial charge in [0.05, 0.1) is 12.8 Å². The van der Waals surface area contributed by atoms with Crippen LogP contribution in [0.3, 0.4) is 0 Å².